The van der Waals surface area contributed by atoms with Crippen molar-refractivity contribution in [3.8, 4) is 0 Å². The van der Waals surface area contributed by atoms with Gasteiger partial charge in [0.15, 0.2) is 0 Å². The Morgan fingerprint density at radius 1 is 1.04 bits per heavy atom. The number of imide groups is 1. The third-order valence-corrected chi connectivity index (χ3v) is 4.43. The number of halogens is 1. The highest BCUT2D eigenvalue weighted by Gasteiger charge is 2.35. The van der Waals surface area contributed by atoms with Crippen molar-refractivity contribution in [1.29, 1.82) is 0 Å². The Bertz CT molecular complexity index is 877. The smallest absolute Gasteiger partial charge is 0.261 e. The first kappa shape index (κ1) is 17.8. The number of benzene rings is 2. The molecule has 134 valence electrons. The minimum absolute atomic E-state index is 0.0397. The lowest BCUT2D eigenvalue weighted by Gasteiger charge is -2.19. The lowest BCUT2D eigenvalue weighted by Crippen LogP contribution is -2.35. The number of hydrogen-bond acceptors (Lipinski definition) is 3. The molecule has 6 heteroatoms. The molecule has 0 aliphatic carbocycles. The summed E-state index contributed by atoms with van der Waals surface area (Å²) in [6.07, 6.45) is 0.0438. The van der Waals surface area contributed by atoms with Crippen LogP contribution in [0.5, 0.6) is 0 Å². The first-order valence-electron chi connectivity index (χ1n) is 8.32. The normalized spacial score (nSPS) is 13.1. The standard InChI is InChI=1S/C20H19FN2O3/c1-13-3-8-16-17(11-13)20(26)23(19(16)25)10-9-18(24)22(2)12-14-4-6-15(21)7-5-14/h3-8,11H,9-10,12H2,1-2H3. The van der Waals surface area contributed by atoms with E-state index < -0.39 is 0 Å². The molecule has 0 unspecified atom stereocenters. The van der Waals surface area contributed by atoms with Gasteiger partial charge in [0.05, 0.1) is 11.1 Å². The maximum absolute atomic E-state index is 12.9. The van der Waals surface area contributed by atoms with Crippen LogP contribution in [0, 0.1) is 12.7 Å². The number of carbonyl (C=O) groups is 3. The fourth-order valence-corrected chi connectivity index (χ4v) is 2.96. The fraction of sp³-hybridized carbons (Fsp3) is 0.250. The summed E-state index contributed by atoms with van der Waals surface area (Å²) < 4.78 is 12.9. The van der Waals surface area contributed by atoms with Gasteiger partial charge in [-0.05, 0) is 36.8 Å². The molecule has 0 radical (unpaired) electrons. The van der Waals surface area contributed by atoms with Crippen molar-refractivity contribution in [2.24, 2.45) is 0 Å². The average molecular weight is 354 g/mol. The number of rotatable bonds is 5. The van der Waals surface area contributed by atoms with Gasteiger partial charge in [-0.1, -0.05) is 23.8 Å². The van der Waals surface area contributed by atoms with Crippen molar-refractivity contribution >= 4 is 17.7 Å². The minimum Gasteiger partial charge on any atom is -0.341 e. The first-order chi connectivity index (χ1) is 12.4. The number of hydrogen-bond donors (Lipinski definition) is 0. The Hall–Kier alpha value is -3.02. The van der Waals surface area contributed by atoms with E-state index >= 15 is 0 Å². The van der Waals surface area contributed by atoms with E-state index in [0.29, 0.717) is 17.7 Å². The number of fused-ring (bicyclic) bond motifs is 1. The molecule has 1 heterocycles. The number of carbonyl (C=O) groups excluding carboxylic acids is 3. The van der Waals surface area contributed by atoms with Gasteiger partial charge in [0.2, 0.25) is 5.91 Å². The Morgan fingerprint density at radius 3 is 2.38 bits per heavy atom. The van der Waals surface area contributed by atoms with Gasteiger partial charge in [0, 0.05) is 26.6 Å². The SMILES string of the molecule is Cc1ccc2c(c1)C(=O)N(CCC(=O)N(C)Cc1ccc(F)cc1)C2=O. The Balaban J connectivity index is 1.60. The maximum Gasteiger partial charge on any atom is 0.261 e. The molecule has 0 saturated heterocycles. The zero-order valence-electron chi connectivity index (χ0n) is 14.7. The van der Waals surface area contributed by atoms with Gasteiger partial charge in [0.1, 0.15) is 5.82 Å². The van der Waals surface area contributed by atoms with Gasteiger partial charge < -0.3 is 4.90 Å². The predicted molar refractivity (Wildman–Crippen MR) is 94.0 cm³/mol. The van der Waals surface area contributed by atoms with E-state index in [4.69, 9.17) is 0 Å². The molecule has 1 aliphatic rings. The van der Waals surface area contributed by atoms with Gasteiger partial charge in [-0.15, -0.1) is 0 Å². The second-order valence-electron chi connectivity index (χ2n) is 6.44. The van der Waals surface area contributed by atoms with Gasteiger partial charge in [0.25, 0.3) is 11.8 Å². The highest BCUT2D eigenvalue weighted by atomic mass is 19.1. The van der Waals surface area contributed by atoms with Crippen LogP contribution in [0.4, 0.5) is 4.39 Å². The van der Waals surface area contributed by atoms with E-state index in [1.165, 1.54) is 17.0 Å². The number of aryl methyl sites for hydroxylation is 1. The Kier molecular flexibility index (Phi) is 4.84. The summed E-state index contributed by atoms with van der Waals surface area (Å²) >= 11 is 0. The molecule has 2 aromatic rings. The fourth-order valence-electron chi connectivity index (χ4n) is 2.96. The summed E-state index contributed by atoms with van der Waals surface area (Å²) in [5.74, 6) is -1.24. The second-order valence-corrected chi connectivity index (χ2v) is 6.44. The van der Waals surface area contributed by atoms with Gasteiger partial charge in [-0.2, -0.15) is 0 Å². The van der Waals surface area contributed by atoms with Gasteiger partial charge in [-0.25, -0.2) is 4.39 Å². The maximum atomic E-state index is 12.9. The van der Waals surface area contributed by atoms with Gasteiger partial charge in [-0.3, -0.25) is 19.3 Å². The molecule has 5 nitrogen and oxygen atoms in total. The summed E-state index contributed by atoms with van der Waals surface area (Å²) in [6, 6.07) is 11.0. The molecule has 26 heavy (non-hydrogen) atoms. The predicted octanol–water partition coefficient (Wildman–Crippen LogP) is 2.78. The Labute approximate surface area is 151 Å². The largest absolute Gasteiger partial charge is 0.341 e. The molecule has 1 aliphatic heterocycles. The molecule has 0 spiro atoms. The molecular weight excluding hydrogens is 335 g/mol. The summed E-state index contributed by atoms with van der Waals surface area (Å²) in [5, 5.41) is 0. The van der Waals surface area contributed by atoms with Crippen LogP contribution in [-0.2, 0) is 11.3 Å². The summed E-state index contributed by atoms with van der Waals surface area (Å²) in [4.78, 5) is 39.7. The van der Waals surface area contributed by atoms with Crippen LogP contribution in [0.15, 0.2) is 42.5 Å². The summed E-state index contributed by atoms with van der Waals surface area (Å²) in [5.41, 5.74) is 2.48. The zero-order chi connectivity index (χ0) is 18.8. The van der Waals surface area contributed by atoms with Crippen molar-refractivity contribution in [1.82, 2.24) is 9.80 Å². The third-order valence-electron chi connectivity index (χ3n) is 4.43. The van der Waals surface area contributed by atoms with Crippen LogP contribution < -0.4 is 0 Å². The minimum atomic E-state index is -0.362. The van der Waals surface area contributed by atoms with E-state index in [9.17, 15) is 18.8 Å². The van der Waals surface area contributed by atoms with Crippen LogP contribution >= 0.6 is 0 Å². The van der Waals surface area contributed by atoms with Crippen molar-refractivity contribution < 1.29 is 18.8 Å². The van der Waals surface area contributed by atoms with Crippen molar-refractivity contribution in [3.05, 3.63) is 70.5 Å². The Morgan fingerprint density at radius 2 is 1.69 bits per heavy atom. The molecule has 0 aromatic heterocycles. The third kappa shape index (κ3) is 3.49. The highest BCUT2D eigenvalue weighted by Crippen LogP contribution is 2.24. The van der Waals surface area contributed by atoms with E-state index in [0.717, 1.165) is 16.0 Å². The molecular formula is C20H19FN2O3. The van der Waals surface area contributed by atoms with Crippen LogP contribution in [-0.4, -0.2) is 41.1 Å². The quantitative estimate of drug-likeness (QED) is 0.776. The average Bonchev–Trinajstić information content (AvgIpc) is 2.85. The summed E-state index contributed by atoms with van der Waals surface area (Å²) in [7, 11) is 1.64. The summed E-state index contributed by atoms with van der Waals surface area (Å²) in [6.45, 7) is 2.23. The molecule has 3 amide bonds. The van der Waals surface area contributed by atoms with E-state index in [2.05, 4.69) is 0 Å². The zero-order valence-corrected chi connectivity index (χ0v) is 14.7. The van der Waals surface area contributed by atoms with E-state index in [-0.39, 0.29) is 36.5 Å². The van der Waals surface area contributed by atoms with Crippen molar-refractivity contribution in [2.45, 2.75) is 19.9 Å². The lowest BCUT2D eigenvalue weighted by atomic mass is 10.1. The van der Waals surface area contributed by atoms with Crippen molar-refractivity contribution in [2.75, 3.05) is 13.6 Å². The molecule has 0 fully saturated rings. The molecule has 0 atom stereocenters. The van der Waals surface area contributed by atoms with Gasteiger partial charge >= 0.3 is 0 Å². The molecule has 0 bridgehead atoms. The molecule has 0 N–H and O–H groups in total. The van der Waals surface area contributed by atoms with Crippen molar-refractivity contribution in [3.63, 3.8) is 0 Å². The monoisotopic (exact) mass is 354 g/mol. The van der Waals surface area contributed by atoms with Crippen LogP contribution in [0.2, 0.25) is 0 Å². The molecule has 3 rings (SSSR count). The van der Waals surface area contributed by atoms with E-state index in [1.54, 1.807) is 37.4 Å². The van der Waals surface area contributed by atoms with E-state index in [1.807, 2.05) is 6.92 Å². The van der Waals surface area contributed by atoms with Crippen LogP contribution in [0.25, 0.3) is 0 Å². The highest BCUT2D eigenvalue weighted by molar-refractivity contribution is 6.21. The molecule has 2 aromatic carbocycles. The first-order valence-corrected chi connectivity index (χ1v) is 8.32. The van der Waals surface area contributed by atoms with Crippen LogP contribution in [0.1, 0.15) is 38.3 Å². The number of nitrogens with zero attached hydrogens (tertiary/aromatic N) is 2. The van der Waals surface area contributed by atoms with Crippen LogP contribution in [0.3, 0.4) is 0 Å². The topological polar surface area (TPSA) is 57.7 Å². The second kappa shape index (κ2) is 7.07. The molecule has 0 saturated carbocycles. The number of amides is 3. The lowest BCUT2D eigenvalue weighted by molar-refractivity contribution is -0.130.